The van der Waals surface area contributed by atoms with Gasteiger partial charge in [-0.1, -0.05) is 140 Å². The van der Waals surface area contributed by atoms with Gasteiger partial charge in [-0.05, 0) is 112 Å². The lowest BCUT2D eigenvalue weighted by atomic mass is 9.88. The van der Waals surface area contributed by atoms with E-state index in [9.17, 15) is 0 Å². The van der Waals surface area contributed by atoms with Gasteiger partial charge in [0, 0.05) is 28.4 Å². The maximum Gasteiger partial charge on any atom is 0.159 e. The largest absolute Gasteiger partial charge is 0.399 e. The maximum absolute atomic E-state index is 6.65. The molecule has 10 rings (SSSR count). The summed E-state index contributed by atoms with van der Waals surface area (Å²) in [5.41, 5.74) is 21.8. The fourth-order valence-corrected chi connectivity index (χ4v) is 8.55. The van der Waals surface area contributed by atoms with E-state index in [1.807, 2.05) is 12.1 Å². The predicted octanol–water partition coefficient (Wildman–Crippen LogP) is 12.3. The van der Waals surface area contributed by atoms with Crippen LogP contribution in [0.3, 0.4) is 0 Å². The molecule has 0 spiro atoms. The van der Waals surface area contributed by atoms with Crippen LogP contribution in [0.5, 0.6) is 0 Å². The Bertz CT molecular complexity index is 2800. The van der Waals surface area contributed by atoms with Crippen molar-refractivity contribution in [3.05, 3.63) is 216 Å². The third-order valence-electron chi connectivity index (χ3n) is 11.5. The molecule has 0 amide bonds. The molecule has 0 saturated carbocycles. The summed E-state index contributed by atoms with van der Waals surface area (Å²) in [6.07, 6.45) is 9.59. The molecule has 0 bridgehead atoms. The molecule has 59 heavy (non-hydrogen) atoms. The molecule has 2 heterocycles. The Hall–Kier alpha value is -7.44. The van der Waals surface area contributed by atoms with Crippen LogP contribution >= 0.6 is 0 Å². The monoisotopic (exact) mass is 764 g/mol. The van der Waals surface area contributed by atoms with Crippen LogP contribution in [0.2, 0.25) is 0 Å². The van der Waals surface area contributed by atoms with Gasteiger partial charge in [-0.15, -0.1) is 0 Å². The lowest BCUT2D eigenvalue weighted by Crippen LogP contribution is -2.34. The molecular formula is C53H44N6. The summed E-state index contributed by atoms with van der Waals surface area (Å²) in [6.45, 7) is 2.19. The first-order valence-electron chi connectivity index (χ1n) is 20.3. The van der Waals surface area contributed by atoms with Crippen molar-refractivity contribution in [2.75, 3.05) is 16.0 Å². The average Bonchev–Trinajstić information content (AvgIpc) is 3.65. The Morgan fingerprint density at radius 3 is 2.02 bits per heavy atom. The summed E-state index contributed by atoms with van der Waals surface area (Å²) in [5.74, 6) is 1.79. The van der Waals surface area contributed by atoms with E-state index in [-0.39, 0.29) is 18.2 Å². The minimum absolute atomic E-state index is 0.174. The van der Waals surface area contributed by atoms with Gasteiger partial charge in [0.05, 0.1) is 11.4 Å². The summed E-state index contributed by atoms with van der Waals surface area (Å²) in [4.78, 5) is 12.8. The van der Waals surface area contributed by atoms with Gasteiger partial charge in [-0.25, -0.2) is 9.98 Å². The van der Waals surface area contributed by atoms with Gasteiger partial charge in [0.2, 0.25) is 0 Å². The van der Waals surface area contributed by atoms with Crippen molar-refractivity contribution in [3.63, 3.8) is 0 Å². The topological polar surface area (TPSA) is 78.0 Å². The number of hydrogen-bond donors (Lipinski definition) is 3. The quantitative estimate of drug-likeness (QED) is 0.135. The van der Waals surface area contributed by atoms with Gasteiger partial charge in [0.15, 0.2) is 5.84 Å². The van der Waals surface area contributed by atoms with Gasteiger partial charge in [0.1, 0.15) is 18.2 Å². The predicted molar refractivity (Wildman–Crippen MR) is 246 cm³/mol. The van der Waals surface area contributed by atoms with Gasteiger partial charge in [0.25, 0.3) is 0 Å². The number of benzene rings is 7. The molecule has 1 aliphatic carbocycles. The van der Waals surface area contributed by atoms with Crippen molar-refractivity contribution in [2.45, 2.75) is 31.6 Å². The maximum atomic E-state index is 6.65. The SMILES string of the molecule is CC1Nc2ccccc2N1c1ccc(-c2cccc(-c3cc(N)cc(-c4cccc(C5=NC(c6ccccc6)NC(c6ccccc6C6C=CC=CC6)=N5)c4)c3)c2)cc1. The van der Waals surface area contributed by atoms with Crippen LogP contribution in [0.25, 0.3) is 33.4 Å². The number of nitrogen functional groups attached to an aromatic ring is 1. The zero-order valence-electron chi connectivity index (χ0n) is 32.8. The Balaban J connectivity index is 0.966. The molecule has 3 aliphatic rings. The standard InChI is InChI=1S/C53H44N6/c1-35-55-49-24-10-11-25-50(49)59(35)46-28-26-36(27-29-46)39-18-12-19-40(30-39)43-32-44(34-45(54)33-43)41-20-13-21-42(31-41)52-56-51(38-16-6-3-7-17-38)57-53(58-52)48-23-9-8-22-47(48)37-14-4-2-5-15-37/h2-14,16-35,37,51,55H,15,54H2,1H3,(H,56,57,58). The molecule has 0 fully saturated rings. The fraction of sp³-hybridized carbons (Fsp3) is 0.0943. The number of aliphatic imine (C=N–C) groups is 2. The second-order valence-corrected chi connectivity index (χ2v) is 15.4. The molecule has 0 saturated heterocycles. The third kappa shape index (κ3) is 7.21. The van der Waals surface area contributed by atoms with E-state index in [0.717, 1.165) is 73.7 Å². The van der Waals surface area contributed by atoms with E-state index in [0.29, 0.717) is 11.5 Å². The average molecular weight is 765 g/mol. The first kappa shape index (κ1) is 35.9. The second-order valence-electron chi connectivity index (χ2n) is 15.4. The number of anilines is 4. The van der Waals surface area contributed by atoms with Gasteiger partial charge >= 0.3 is 0 Å². The summed E-state index contributed by atoms with van der Waals surface area (Å²) >= 11 is 0. The smallest absolute Gasteiger partial charge is 0.159 e. The fourth-order valence-electron chi connectivity index (χ4n) is 8.55. The highest BCUT2D eigenvalue weighted by atomic mass is 15.3. The number of fused-ring (bicyclic) bond motifs is 1. The van der Waals surface area contributed by atoms with Crippen LogP contribution in [0.4, 0.5) is 22.7 Å². The number of allylic oxidation sites excluding steroid dienone is 4. The second kappa shape index (κ2) is 15.5. The van der Waals surface area contributed by atoms with Crippen molar-refractivity contribution < 1.29 is 0 Å². The molecule has 3 unspecified atom stereocenters. The van der Waals surface area contributed by atoms with E-state index >= 15 is 0 Å². The number of nitrogens with zero attached hydrogens (tertiary/aromatic N) is 3. The number of rotatable bonds is 8. The molecular weight excluding hydrogens is 721 g/mol. The summed E-state index contributed by atoms with van der Waals surface area (Å²) in [5, 5.41) is 7.27. The molecule has 0 radical (unpaired) electrons. The summed E-state index contributed by atoms with van der Waals surface area (Å²) < 4.78 is 0. The molecule has 286 valence electrons. The normalized spacial score (nSPS) is 18.1. The van der Waals surface area contributed by atoms with Crippen molar-refractivity contribution in [1.82, 2.24) is 5.32 Å². The first-order chi connectivity index (χ1) is 29.0. The van der Waals surface area contributed by atoms with Crippen LogP contribution in [-0.4, -0.2) is 17.8 Å². The number of amidine groups is 2. The van der Waals surface area contributed by atoms with Crippen LogP contribution in [0, 0.1) is 0 Å². The molecule has 6 heteroatoms. The molecule has 6 nitrogen and oxygen atoms in total. The Morgan fingerprint density at radius 1 is 0.593 bits per heavy atom. The zero-order valence-corrected chi connectivity index (χ0v) is 32.8. The van der Waals surface area contributed by atoms with Crippen LogP contribution in [0.15, 0.2) is 204 Å². The molecule has 7 aromatic rings. The minimum atomic E-state index is -0.294. The molecule has 4 N–H and O–H groups in total. The Kier molecular flexibility index (Phi) is 9.43. The van der Waals surface area contributed by atoms with Crippen LogP contribution < -0.4 is 21.3 Å². The third-order valence-corrected chi connectivity index (χ3v) is 11.5. The van der Waals surface area contributed by atoms with Crippen LogP contribution in [0.1, 0.15) is 47.7 Å². The Labute approximate surface area is 345 Å². The summed E-state index contributed by atoms with van der Waals surface area (Å²) in [7, 11) is 0. The highest BCUT2D eigenvalue weighted by Gasteiger charge is 2.27. The number of para-hydroxylation sites is 2. The van der Waals surface area contributed by atoms with Crippen LogP contribution in [-0.2, 0) is 0 Å². The van der Waals surface area contributed by atoms with E-state index in [1.165, 1.54) is 11.3 Å². The van der Waals surface area contributed by atoms with Gasteiger partial charge in [-0.3, -0.25) is 0 Å². The molecule has 0 aromatic heterocycles. The number of nitrogens with one attached hydrogen (secondary N) is 2. The van der Waals surface area contributed by atoms with Crippen molar-refractivity contribution in [3.8, 4) is 33.4 Å². The molecule has 7 aromatic carbocycles. The first-order valence-corrected chi connectivity index (χ1v) is 20.3. The minimum Gasteiger partial charge on any atom is -0.399 e. The molecule has 2 aliphatic heterocycles. The van der Waals surface area contributed by atoms with E-state index < -0.39 is 0 Å². The summed E-state index contributed by atoms with van der Waals surface area (Å²) in [6, 6.07) is 59.8. The van der Waals surface area contributed by atoms with Gasteiger partial charge in [-0.2, -0.15) is 0 Å². The van der Waals surface area contributed by atoms with Crippen molar-refractivity contribution in [2.24, 2.45) is 9.98 Å². The van der Waals surface area contributed by atoms with E-state index in [1.54, 1.807) is 0 Å². The zero-order chi connectivity index (χ0) is 39.7. The van der Waals surface area contributed by atoms with E-state index in [4.69, 9.17) is 15.7 Å². The number of hydrogen-bond acceptors (Lipinski definition) is 6. The van der Waals surface area contributed by atoms with Gasteiger partial charge < -0.3 is 21.3 Å². The number of nitrogens with two attached hydrogens (primary N) is 1. The van der Waals surface area contributed by atoms with E-state index in [2.05, 4.69) is 204 Å². The lowest BCUT2D eigenvalue weighted by Gasteiger charge is -2.26. The lowest BCUT2D eigenvalue weighted by molar-refractivity contribution is 0.673. The highest BCUT2D eigenvalue weighted by Crippen LogP contribution is 2.41. The van der Waals surface area contributed by atoms with Crippen molar-refractivity contribution >= 4 is 34.4 Å². The molecule has 3 atom stereocenters. The Morgan fingerprint density at radius 2 is 1.25 bits per heavy atom. The highest BCUT2D eigenvalue weighted by molar-refractivity contribution is 6.14. The van der Waals surface area contributed by atoms with Crippen molar-refractivity contribution in [1.29, 1.82) is 0 Å².